The zero-order chi connectivity index (χ0) is 10.7. The molecule has 0 spiro atoms. The Morgan fingerprint density at radius 1 is 1.08 bits per heavy atom. The fourth-order valence-corrected chi connectivity index (χ4v) is 2.29. The van der Waals surface area contributed by atoms with Crippen LogP contribution < -0.4 is 0 Å². The average Bonchev–Trinajstić information content (AvgIpc) is 2.03. The molecule has 0 aliphatic rings. The van der Waals surface area contributed by atoms with Crippen molar-refractivity contribution in [2.24, 2.45) is 11.8 Å². The van der Waals surface area contributed by atoms with E-state index in [9.17, 15) is 0 Å². The van der Waals surface area contributed by atoms with Gasteiger partial charge < -0.3 is 5.41 Å². The van der Waals surface area contributed by atoms with Crippen molar-refractivity contribution in [1.82, 2.24) is 0 Å². The molecule has 0 aromatic heterocycles. The summed E-state index contributed by atoms with van der Waals surface area (Å²) in [5, 5.41) is 10.7. The van der Waals surface area contributed by atoms with Crippen LogP contribution in [0.15, 0.2) is 0 Å². The Balaban J connectivity index is 0. The Hall–Kier alpha value is 0.202. The maximum absolute atomic E-state index is 7.75. The molecule has 0 atom stereocenters. The Bertz CT molecular complexity index is 92.3. The van der Waals surface area contributed by atoms with Gasteiger partial charge in [-0.2, -0.15) is 0 Å². The minimum atomic E-state index is 0.750. The van der Waals surface area contributed by atoms with Gasteiger partial charge in [0.2, 0.25) is 0 Å². The summed E-state index contributed by atoms with van der Waals surface area (Å²) in [6.07, 6.45) is 1.88. The van der Waals surface area contributed by atoms with E-state index in [0.717, 1.165) is 39.7 Å². The van der Waals surface area contributed by atoms with Gasteiger partial charge in [-0.3, -0.25) is 0 Å². The van der Waals surface area contributed by atoms with Crippen LogP contribution in [0.1, 0.15) is 41.0 Å². The number of hydrogen-bond acceptors (Lipinski definition) is 0. The molecular weight excluding hydrogens is 173 g/mol. The summed E-state index contributed by atoms with van der Waals surface area (Å²) in [4.78, 5) is 0. The molecule has 0 aliphatic carbocycles. The predicted octanol–water partition coefficient (Wildman–Crippen LogP) is 3.88. The van der Waals surface area contributed by atoms with Crippen LogP contribution in [0.2, 0.25) is 10.6 Å². The van der Waals surface area contributed by atoms with Crippen molar-refractivity contribution in [2.45, 2.75) is 51.6 Å². The number of rotatable bonds is 5. The topological polar surface area (TPSA) is 22.3 Å². The summed E-state index contributed by atoms with van der Waals surface area (Å²) in [6.45, 7) is 11.1. The van der Waals surface area contributed by atoms with E-state index in [1.165, 1.54) is 10.6 Å². The quantitative estimate of drug-likeness (QED) is 0.471. The van der Waals surface area contributed by atoms with Crippen molar-refractivity contribution >= 4 is 21.4 Å². The fraction of sp³-hybridized carbons (Fsp3) is 0.909. The molecule has 0 aromatic rings. The summed E-state index contributed by atoms with van der Waals surface area (Å²) >= 11 is 0.755. The van der Waals surface area contributed by atoms with E-state index in [-0.39, 0.29) is 0 Å². The zero-order valence-electron chi connectivity index (χ0n) is 9.88. The van der Waals surface area contributed by atoms with Crippen molar-refractivity contribution in [3.63, 3.8) is 0 Å². The third-order valence-electron chi connectivity index (χ3n) is 1.46. The molecule has 0 saturated heterocycles. The third-order valence-corrected chi connectivity index (χ3v) is 4.01. The molecule has 0 radical (unpaired) electrons. The third kappa shape index (κ3) is 24.5. The van der Waals surface area contributed by atoms with E-state index in [4.69, 9.17) is 5.41 Å². The van der Waals surface area contributed by atoms with Crippen LogP contribution >= 0.6 is 0 Å². The molecule has 0 amide bonds. The first kappa shape index (κ1) is 15.7. The van der Waals surface area contributed by atoms with Crippen LogP contribution in [0.25, 0.3) is 5.41 Å². The summed E-state index contributed by atoms with van der Waals surface area (Å²) in [6, 6.07) is 0. The average molecular weight is 197 g/mol. The van der Waals surface area contributed by atoms with Gasteiger partial charge in [-0.25, -0.2) is 6.21 Å². The van der Waals surface area contributed by atoms with Crippen molar-refractivity contribution in [1.29, 1.82) is 0 Å². The number of hydrogen-bond donors (Lipinski definition) is 0. The molecule has 0 aromatic carbocycles. The van der Waals surface area contributed by atoms with Crippen LogP contribution in [0.4, 0.5) is 0 Å². The normalized spacial score (nSPS) is 9.15. The van der Waals surface area contributed by atoms with Crippen LogP contribution in [0.3, 0.4) is 0 Å². The first-order valence-electron chi connectivity index (χ1n) is 5.32. The smallest absolute Gasteiger partial charge is 0.0596 e. The van der Waals surface area contributed by atoms with E-state index in [2.05, 4.69) is 27.7 Å². The first-order chi connectivity index (χ1) is 6.04. The van der Waals surface area contributed by atoms with Gasteiger partial charge in [0.1, 0.15) is 0 Å². The molecule has 13 heavy (non-hydrogen) atoms. The van der Waals surface area contributed by atoms with Crippen LogP contribution in [0, 0.1) is 11.8 Å². The van der Waals surface area contributed by atoms with Gasteiger partial charge in [0, 0.05) is 0 Å². The summed E-state index contributed by atoms with van der Waals surface area (Å²) in [7, 11) is 0. The van der Waals surface area contributed by atoms with Crippen molar-refractivity contribution < 1.29 is 0 Å². The SMILES string of the molecule is CC(C)[CH2][Al+][CH2]C(C)C.CCC=[N-]. The molecule has 0 unspecified atom stereocenters. The summed E-state index contributed by atoms with van der Waals surface area (Å²) in [5.41, 5.74) is 0. The maximum atomic E-state index is 7.75. The summed E-state index contributed by atoms with van der Waals surface area (Å²) in [5.74, 6) is 1.86. The minimum Gasteiger partial charge on any atom is -0.814 e. The molecule has 0 fully saturated rings. The largest absolute Gasteiger partial charge is 0.814 e. The molecule has 0 aliphatic heterocycles. The monoisotopic (exact) mass is 197 g/mol. The van der Waals surface area contributed by atoms with E-state index in [1.807, 2.05) is 6.92 Å². The maximum Gasteiger partial charge on any atom is -0.0596 e. The predicted molar refractivity (Wildman–Crippen MR) is 64.8 cm³/mol. The Labute approximate surface area is 90.5 Å². The standard InChI is InChI=1S/2C4H9.C3H6N.Al/c2*1-4(2)3;1-2-3-4;/h2*4H,1H2,2-3H3;3H,2H2,1H3;/q;;-1;+1. The Kier molecular flexibility index (Phi) is 14.7. The van der Waals surface area contributed by atoms with Crippen molar-refractivity contribution in [2.75, 3.05) is 0 Å². The van der Waals surface area contributed by atoms with Gasteiger partial charge in [-0.05, 0) is 0 Å². The fourth-order valence-electron chi connectivity index (χ4n) is 0.763. The van der Waals surface area contributed by atoms with E-state index in [0.29, 0.717) is 0 Å². The second-order valence-corrected chi connectivity index (χ2v) is 5.66. The van der Waals surface area contributed by atoms with Crippen LogP contribution in [-0.2, 0) is 0 Å². The molecule has 76 valence electrons. The second-order valence-electron chi connectivity index (χ2n) is 4.14. The molecule has 2 heteroatoms. The van der Waals surface area contributed by atoms with Gasteiger partial charge in [-0.1, -0.05) is 13.3 Å². The summed E-state index contributed by atoms with van der Waals surface area (Å²) < 4.78 is 0. The molecular formula is C11H24AlN. The van der Waals surface area contributed by atoms with E-state index >= 15 is 0 Å². The van der Waals surface area contributed by atoms with Gasteiger partial charge in [0.05, 0.1) is 0 Å². The Morgan fingerprint density at radius 3 is 1.54 bits per heavy atom. The van der Waals surface area contributed by atoms with Crippen molar-refractivity contribution in [3.8, 4) is 0 Å². The zero-order valence-corrected chi connectivity index (χ0v) is 11.0. The molecule has 0 N–H and O–H groups in total. The molecule has 0 heterocycles. The Morgan fingerprint density at radius 2 is 1.38 bits per heavy atom. The van der Waals surface area contributed by atoms with Gasteiger partial charge in [-0.15, -0.1) is 0 Å². The molecule has 0 saturated carbocycles. The minimum absolute atomic E-state index is 0.750. The number of nitrogens with zero attached hydrogens (tertiary/aromatic N) is 1. The van der Waals surface area contributed by atoms with Crippen molar-refractivity contribution in [3.05, 3.63) is 5.41 Å². The van der Waals surface area contributed by atoms with Gasteiger partial charge in [0.25, 0.3) is 0 Å². The van der Waals surface area contributed by atoms with Gasteiger partial charge >= 0.3 is 65.3 Å². The first-order valence-corrected chi connectivity index (χ1v) is 6.95. The van der Waals surface area contributed by atoms with Crippen LogP contribution in [0.5, 0.6) is 0 Å². The van der Waals surface area contributed by atoms with E-state index < -0.39 is 0 Å². The molecule has 1 nitrogen and oxygen atoms in total. The van der Waals surface area contributed by atoms with Gasteiger partial charge in [0.15, 0.2) is 0 Å². The van der Waals surface area contributed by atoms with Crippen LogP contribution in [-0.4, -0.2) is 21.4 Å². The molecule has 0 bridgehead atoms. The second kappa shape index (κ2) is 12.2. The molecule has 0 rings (SSSR count). The van der Waals surface area contributed by atoms with E-state index in [1.54, 1.807) is 0 Å².